The number of hydrogen-bond donors (Lipinski definition) is 1. The number of thiazole rings is 1. The summed E-state index contributed by atoms with van der Waals surface area (Å²) in [6.45, 7) is 3.68. The zero-order valence-electron chi connectivity index (χ0n) is 20.7. The molecule has 2 aliphatic rings. The van der Waals surface area contributed by atoms with Crippen LogP contribution in [0, 0.1) is 0 Å². The third-order valence-corrected chi connectivity index (χ3v) is 7.62. The Hall–Kier alpha value is -4.44. The molecule has 2 aliphatic heterocycles. The quantitative estimate of drug-likeness (QED) is 0.229. The molecule has 1 fully saturated rings. The lowest BCUT2D eigenvalue weighted by molar-refractivity contribution is -0.132. The van der Waals surface area contributed by atoms with E-state index in [0.717, 1.165) is 10.4 Å². The van der Waals surface area contributed by atoms with Crippen LogP contribution in [0.2, 0.25) is 0 Å². The second-order valence-electron chi connectivity index (χ2n) is 8.94. The first-order chi connectivity index (χ1) is 18.5. The minimum absolute atomic E-state index is 0.0395. The molecular formula is C28H24N4O5S. The Balaban J connectivity index is 1.50. The number of Topliss-reactive ketones (excluding diaryl/α,β-unsaturated/α-hetero) is 1. The van der Waals surface area contributed by atoms with Gasteiger partial charge in [-0.05, 0) is 55.5 Å². The number of benzene rings is 2. The Morgan fingerprint density at radius 3 is 2.84 bits per heavy atom. The number of aliphatic hydroxyl groups is 1. The number of nitrogens with zero attached hydrogens (tertiary/aromatic N) is 4. The van der Waals surface area contributed by atoms with Gasteiger partial charge in [0, 0.05) is 18.8 Å². The van der Waals surface area contributed by atoms with Crippen LogP contribution in [-0.4, -0.2) is 53.6 Å². The highest BCUT2D eigenvalue weighted by molar-refractivity contribution is 7.22. The number of likely N-dealkylation sites (N-methyl/N-ethyl adjacent to an activating group) is 1. The molecule has 4 heterocycles. The average Bonchev–Trinajstić information content (AvgIpc) is 3.46. The molecule has 1 amide bonds. The van der Waals surface area contributed by atoms with E-state index in [9.17, 15) is 14.7 Å². The van der Waals surface area contributed by atoms with Gasteiger partial charge in [-0.3, -0.25) is 19.5 Å². The summed E-state index contributed by atoms with van der Waals surface area (Å²) in [5.74, 6) is -0.458. The zero-order chi connectivity index (χ0) is 26.4. The molecule has 4 aromatic rings. The van der Waals surface area contributed by atoms with Crippen molar-refractivity contribution in [2.75, 3.05) is 36.6 Å². The van der Waals surface area contributed by atoms with E-state index in [1.165, 1.54) is 16.2 Å². The fourth-order valence-corrected chi connectivity index (χ4v) is 5.77. The van der Waals surface area contributed by atoms with E-state index in [1.807, 2.05) is 37.1 Å². The smallest absolute Gasteiger partial charge is 0.301 e. The summed E-state index contributed by atoms with van der Waals surface area (Å²) in [4.78, 5) is 39.4. The van der Waals surface area contributed by atoms with Crippen molar-refractivity contribution in [3.05, 3.63) is 77.6 Å². The highest BCUT2D eigenvalue weighted by atomic mass is 32.1. The van der Waals surface area contributed by atoms with E-state index in [1.54, 1.807) is 42.6 Å². The van der Waals surface area contributed by atoms with E-state index in [0.29, 0.717) is 53.2 Å². The van der Waals surface area contributed by atoms with Crippen LogP contribution >= 0.6 is 11.3 Å². The largest absolute Gasteiger partial charge is 0.507 e. The fraction of sp³-hybridized carbons (Fsp3) is 0.214. The van der Waals surface area contributed by atoms with Crippen LogP contribution in [0.1, 0.15) is 24.2 Å². The van der Waals surface area contributed by atoms with Crippen molar-refractivity contribution in [2.45, 2.75) is 13.0 Å². The van der Waals surface area contributed by atoms with E-state index in [4.69, 9.17) is 9.47 Å². The minimum Gasteiger partial charge on any atom is -0.507 e. The van der Waals surface area contributed by atoms with E-state index >= 15 is 0 Å². The number of pyridine rings is 1. The predicted molar refractivity (Wildman–Crippen MR) is 145 cm³/mol. The first-order valence-corrected chi connectivity index (χ1v) is 13.0. The van der Waals surface area contributed by atoms with Crippen LogP contribution in [0.5, 0.6) is 11.5 Å². The molecule has 1 atom stereocenters. The molecule has 192 valence electrons. The highest BCUT2D eigenvalue weighted by Crippen LogP contribution is 2.44. The molecule has 10 heteroatoms. The Bertz CT molecular complexity index is 1600. The van der Waals surface area contributed by atoms with Gasteiger partial charge in [0.2, 0.25) is 0 Å². The second-order valence-corrected chi connectivity index (χ2v) is 9.94. The van der Waals surface area contributed by atoms with Gasteiger partial charge in [-0.1, -0.05) is 17.4 Å². The third-order valence-electron chi connectivity index (χ3n) is 6.61. The zero-order valence-corrected chi connectivity index (χ0v) is 21.6. The van der Waals surface area contributed by atoms with Gasteiger partial charge in [0.1, 0.15) is 29.9 Å². The summed E-state index contributed by atoms with van der Waals surface area (Å²) < 4.78 is 12.1. The maximum Gasteiger partial charge on any atom is 0.301 e. The van der Waals surface area contributed by atoms with Crippen LogP contribution in [0.3, 0.4) is 0 Å². The van der Waals surface area contributed by atoms with E-state index in [-0.39, 0.29) is 11.3 Å². The Morgan fingerprint density at radius 2 is 2.05 bits per heavy atom. The Kier molecular flexibility index (Phi) is 5.96. The summed E-state index contributed by atoms with van der Waals surface area (Å²) in [6.07, 6.45) is 1.59. The number of aromatic nitrogens is 2. The molecule has 38 heavy (non-hydrogen) atoms. The maximum absolute atomic E-state index is 13.5. The van der Waals surface area contributed by atoms with Crippen LogP contribution < -0.4 is 19.3 Å². The van der Waals surface area contributed by atoms with E-state index in [2.05, 4.69) is 9.97 Å². The number of ether oxygens (including phenoxy) is 2. The number of rotatable bonds is 5. The van der Waals surface area contributed by atoms with Crippen LogP contribution in [0.25, 0.3) is 16.0 Å². The lowest BCUT2D eigenvalue weighted by Crippen LogP contribution is -2.29. The van der Waals surface area contributed by atoms with Crippen LogP contribution in [0.15, 0.2) is 66.4 Å². The lowest BCUT2D eigenvalue weighted by Gasteiger charge is -2.28. The number of ketones is 1. The number of carbonyl (C=O) groups excluding carboxylic acids is 2. The van der Waals surface area contributed by atoms with Crippen molar-refractivity contribution in [2.24, 2.45) is 0 Å². The summed E-state index contributed by atoms with van der Waals surface area (Å²) >= 11 is 1.27. The van der Waals surface area contributed by atoms with Crippen molar-refractivity contribution in [1.82, 2.24) is 9.97 Å². The standard InChI is InChI=1S/C28H24N4O5S/c1-3-36-17-8-9-18-22(15-17)38-28(30-18)32-24(19-6-4-5-11-29-19)23(26(34)27(32)35)25(33)16-7-10-21-20(14-16)31(2)12-13-37-21/h4-11,14-15,24,33H,3,12-13H2,1-2H3/b25-23+. The number of amides is 1. The van der Waals surface area contributed by atoms with E-state index < -0.39 is 17.7 Å². The predicted octanol–water partition coefficient (Wildman–Crippen LogP) is 4.54. The molecule has 0 radical (unpaired) electrons. The number of fused-ring (bicyclic) bond motifs is 2. The SMILES string of the molecule is CCOc1ccc2nc(N3C(=O)C(=O)/C(=C(/O)c4ccc5c(c4)N(C)CCO5)C3c3ccccn3)sc2c1. The highest BCUT2D eigenvalue weighted by Gasteiger charge is 2.49. The third kappa shape index (κ3) is 3.93. The second kappa shape index (κ2) is 9.46. The van der Waals surface area contributed by atoms with Crippen LogP contribution in [-0.2, 0) is 9.59 Å². The Labute approximate surface area is 222 Å². The Morgan fingerprint density at radius 1 is 1.18 bits per heavy atom. The van der Waals surface area contributed by atoms with Crippen molar-refractivity contribution in [3.8, 4) is 11.5 Å². The van der Waals surface area contributed by atoms with Crippen molar-refractivity contribution < 1.29 is 24.2 Å². The van der Waals surface area contributed by atoms with Crippen molar-refractivity contribution in [3.63, 3.8) is 0 Å². The molecule has 2 aromatic carbocycles. The molecule has 0 bridgehead atoms. The van der Waals surface area contributed by atoms with Crippen molar-refractivity contribution >= 4 is 49.8 Å². The topological polar surface area (TPSA) is 105 Å². The summed E-state index contributed by atoms with van der Waals surface area (Å²) in [5, 5.41) is 11.8. The molecule has 0 saturated carbocycles. The van der Waals surface area contributed by atoms with Gasteiger partial charge in [0.15, 0.2) is 5.13 Å². The average molecular weight is 529 g/mol. The van der Waals surface area contributed by atoms with Gasteiger partial charge < -0.3 is 19.5 Å². The molecule has 1 N–H and O–H groups in total. The lowest BCUT2D eigenvalue weighted by atomic mass is 9.98. The first kappa shape index (κ1) is 23.9. The van der Waals surface area contributed by atoms with Gasteiger partial charge in [-0.15, -0.1) is 0 Å². The normalized spacial score (nSPS) is 18.5. The maximum atomic E-state index is 13.5. The molecular weight excluding hydrogens is 504 g/mol. The molecule has 1 unspecified atom stereocenters. The van der Waals surface area contributed by atoms with Crippen LogP contribution in [0.4, 0.5) is 10.8 Å². The number of hydrogen-bond acceptors (Lipinski definition) is 9. The van der Waals surface area contributed by atoms with Crippen molar-refractivity contribution in [1.29, 1.82) is 0 Å². The van der Waals surface area contributed by atoms with Gasteiger partial charge in [-0.2, -0.15) is 0 Å². The monoisotopic (exact) mass is 528 g/mol. The molecule has 2 aromatic heterocycles. The molecule has 0 aliphatic carbocycles. The van der Waals surface area contributed by atoms with Gasteiger partial charge >= 0.3 is 5.91 Å². The fourth-order valence-electron chi connectivity index (χ4n) is 4.75. The first-order valence-electron chi connectivity index (χ1n) is 12.2. The summed E-state index contributed by atoms with van der Waals surface area (Å²) in [7, 11) is 1.93. The molecule has 1 saturated heterocycles. The van der Waals surface area contributed by atoms with Gasteiger partial charge in [0.25, 0.3) is 5.78 Å². The minimum atomic E-state index is -0.951. The molecule has 6 rings (SSSR count). The van der Waals surface area contributed by atoms with Gasteiger partial charge in [-0.25, -0.2) is 4.98 Å². The molecule has 9 nitrogen and oxygen atoms in total. The summed E-state index contributed by atoms with van der Waals surface area (Å²) in [6, 6.07) is 15.0. The number of carbonyl (C=O) groups is 2. The van der Waals surface area contributed by atoms with Gasteiger partial charge in [0.05, 0.1) is 40.3 Å². The molecule has 0 spiro atoms. The number of anilines is 2. The summed E-state index contributed by atoms with van der Waals surface area (Å²) in [5.41, 5.74) is 2.28. The number of aliphatic hydroxyl groups excluding tert-OH is 1.